The predicted octanol–water partition coefficient (Wildman–Crippen LogP) is 3.90. The van der Waals surface area contributed by atoms with Crippen LogP contribution < -0.4 is 11.1 Å². The van der Waals surface area contributed by atoms with Crippen molar-refractivity contribution in [3.05, 3.63) is 57.6 Å². The van der Waals surface area contributed by atoms with Gasteiger partial charge in [0.25, 0.3) is 5.91 Å². The molecule has 2 aromatic rings. The summed E-state index contributed by atoms with van der Waals surface area (Å²) in [6.07, 6.45) is 0. The first-order valence-corrected chi connectivity index (χ1v) is 6.69. The number of nitrogen functional groups attached to an aromatic ring is 1. The number of carbonyl (C=O) groups is 1. The van der Waals surface area contributed by atoms with Crippen LogP contribution in [-0.4, -0.2) is 5.91 Å². The van der Waals surface area contributed by atoms with Gasteiger partial charge >= 0.3 is 0 Å². The van der Waals surface area contributed by atoms with Crippen LogP contribution in [0.3, 0.4) is 0 Å². The van der Waals surface area contributed by atoms with Gasteiger partial charge in [-0.25, -0.2) is 0 Å². The second-order valence-electron chi connectivity index (χ2n) is 4.56. The summed E-state index contributed by atoms with van der Waals surface area (Å²) in [5.74, 6) is -0.205. The van der Waals surface area contributed by atoms with E-state index in [-0.39, 0.29) is 5.91 Å². The largest absolute Gasteiger partial charge is 0.398 e. The van der Waals surface area contributed by atoms with Crippen LogP contribution in [0, 0.1) is 13.8 Å². The molecule has 4 heteroatoms. The van der Waals surface area contributed by atoms with Gasteiger partial charge in [0.1, 0.15) is 0 Å². The highest BCUT2D eigenvalue weighted by Crippen LogP contribution is 2.21. The van der Waals surface area contributed by atoms with E-state index < -0.39 is 0 Å². The summed E-state index contributed by atoms with van der Waals surface area (Å²) in [7, 11) is 0. The number of anilines is 2. The third-order valence-corrected chi connectivity index (χ3v) is 3.23. The molecule has 2 aromatic carbocycles. The van der Waals surface area contributed by atoms with Gasteiger partial charge in [-0.3, -0.25) is 4.79 Å². The highest BCUT2D eigenvalue weighted by Gasteiger charge is 2.10. The van der Waals surface area contributed by atoms with E-state index in [0.29, 0.717) is 11.3 Å². The van der Waals surface area contributed by atoms with Crippen LogP contribution >= 0.6 is 15.9 Å². The average Bonchev–Trinajstić information content (AvgIpc) is 2.30. The quantitative estimate of drug-likeness (QED) is 0.825. The van der Waals surface area contributed by atoms with Crippen molar-refractivity contribution in [1.82, 2.24) is 0 Å². The number of halogens is 1. The molecule has 0 aliphatic carbocycles. The molecule has 1 amide bonds. The molecule has 0 unspecified atom stereocenters. The lowest BCUT2D eigenvalue weighted by Crippen LogP contribution is -2.14. The Hall–Kier alpha value is -1.81. The second-order valence-corrected chi connectivity index (χ2v) is 5.48. The predicted molar refractivity (Wildman–Crippen MR) is 82.4 cm³/mol. The maximum atomic E-state index is 12.2. The van der Waals surface area contributed by atoms with Crippen molar-refractivity contribution in [3.8, 4) is 0 Å². The van der Waals surface area contributed by atoms with E-state index in [1.165, 1.54) is 0 Å². The van der Waals surface area contributed by atoms with Crippen LogP contribution in [0.2, 0.25) is 0 Å². The van der Waals surface area contributed by atoms with Crippen molar-refractivity contribution in [1.29, 1.82) is 0 Å². The molecule has 0 aliphatic rings. The number of benzene rings is 2. The van der Waals surface area contributed by atoms with Crippen molar-refractivity contribution in [2.75, 3.05) is 11.1 Å². The molecule has 0 aliphatic heterocycles. The Labute approximate surface area is 121 Å². The first kappa shape index (κ1) is 13.6. The molecule has 0 fully saturated rings. The minimum Gasteiger partial charge on any atom is -0.398 e. The normalized spacial score (nSPS) is 10.3. The molecule has 0 saturated carbocycles. The van der Waals surface area contributed by atoms with Crippen LogP contribution in [0.5, 0.6) is 0 Å². The summed E-state index contributed by atoms with van der Waals surface area (Å²) < 4.78 is 0.826. The number of nitrogens with two attached hydrogens (primary N) is 1. The molecular weight excluding hydrogens is 304 g/mol. The highest BCUT2D eigenvalue weighted by atomic mass is 79.9. The summed E-state index contributed by atoms with van der Waals surface area (Å²) in [6, 6.07) is 11.2. The molecule has 0 heterocycles. The molecule has 0 radical (unpaired) electrons. The van der Waals surface area contributed by atoms with Gasteiger partial charge in [0.05, 0.1) is 5.56 Å². The number of hydrogen-bond donors (Lipinski definition) is 2. The zero-order valence-corrected chi connectivity index (χ0v) is 12.4. The first-order chi connectivity index (χ1) is 8.95. The molecule has 19 heavy (non-hydrogen) atoms. The van der Waals surface area contributed by atoms with Gasteiger partial charge in [-0.05, 0) is 55.3 Å². The van der Waals surface area contributed by atoms with Gasteiger partial charge in [-0.2, -0.15) is 0 Å². The smallest absolute Gasteiger partial charge is 0.257 e. The lowest BCUT2D eigenvalue weighted by Gasteiger charge is -2.09. The van der Waals surface area contributed by atoms with Crippen molar-refractivity contribution < 1.29 is 4.79 Å². The molecule has 3 N–H and O–H groups in total. The summed E-state index contributed by atoms with van der Waals surface area (Å²) in [6.45, 7) is 3.99. The minimum absolute atomic E-state index is 0.205. The zero-order valence-electron chi connectivity index (χ0n) is 10.8. The molecule has 0 atom stereocenters. The van der Waals surface area contributed by atoms with Gasteiger partial charge in [0.2, 0.25) is 0 Å². The SMILES string of the molecule is Cc1cc(C)cc(NC(=O)c2cc(Br)ccc2N)c1. The Bertz CT molecular complexity index is 618. The Morgan fingerprint density at radius 1 is 1.11 bits per heavy atom. The maximum Gasteiger partial charge on any atom is 0.257 e. The Kier molecular flexibility index (Phi) is 3.90. The molecule has 0 spiro atoms. The van der Waals surface area contributed by atoms with Gasteiger partial charge in [0, 0.05) is 15.8 Å². The average molecular weight is 319 g/mol. The fourth-order valence-electron chi connectivity index (χ4n) is 1.97. The molecule has 0 aromatic heterocycles. The van der Waals surface area contributed by atoms with Crippen LogP contribution in [0.25, 0.3) is 0 Å². The van der Waals surface area contributed by atoms with E-state index in [1.54, 1.807) is 12.1 Å². The summed E-state index contributed by atoms with van der Waals surface area (Å²) in [5.41, 5.74) is 9.75. The monoisotopic (exact) mass is 318 g/mol. The number of carbonyl (C=O) groups excluding carboxylic acids is 1. The van der Waals surface area contributed by atoms with E-state index in [0.717, 1.165) is 21.3 Å². The van der Waals surface area contributed by atoms with Crippen molar-refractivity contribution >= 4 is 33.2 Å². The summed E-state index contributed by atoms with van der Waals surface area (Å²) >= 11 is 3.34. The molecule has 0 bridgehead atoms. The van der Waals surface area contributed by atoms with Gasteiger partial charge < -0.3 is 11.1 Å². The van der Waals surface area contributed by atoms with Crippen LogP contribution in [0.15, 0.2) is 40.9 Å². The number of hydrogen-bond acceptors (Lipinski definition) is 2. The Balaban J connectivity index is 2.28. The van der Waals surface area contributed by atoms with Crippen molar-refractivity contribution in [2.45, 2.75) is 13.8 Å². The van der Waals surface area contributed by atoms with Crippen molar-refractivity contribution in [2.24, 2.45) is 0 Å². The van der Waals surface area contributed by atoms with Crippen LogP contribution in [0.1, 0.15) is 21.5 Å². The van der Waals surface area contributed by atoms with Gasteiger partial charge in [0.15, 0.2) is 0 Å². The van der Waals surface area contributed by atoms with Crippen LogP contribution in [-0.2, 0) is 0 Å². The fourth-order valence-corrected chi connectivity index (χ4v) is 2.33. The third kappa shape index (κ3) is 3.35. The zero-order chi connectivity index (χ0) is 14.0. The molecule has 0 saturated heterocycles. The van der Waals surface area contributed by atoms with E-state index in [9.17, 15) is 4.79 Å². The Morgan fingerprint density at radius 3 is 2.37 bits per heavy atom. The lowest BCUT2D eigenvalue weighted by atomic mass is 10.1. The van der Waals surface area contributed by atoms with E-state index in [4.69, 9.17) is 5.73 Å². The van der Waals surface area contributed by atoms with E-state index in [2.05, 4.69) is 27.3 Å². The molecule has 2 rings (SSSR count). The van der Waals surface area contributed by atoms with Crippen molar-refractivity contribution in [3.63, 3.8) is 0 Å². The Morgan fingerprint density at radius 2 is 1.74 bits per heavy atom. The minimum atomic E-state index is -0.205. The number of nitrogens with one attached hydrogen (secondary N) is 1. The lowest BCUT2D eigenvalue weighted by molar-refractivity contribution is 0.102. The number of rotatable bonds is 2. The summed E-state index contributed by atoms with van der Waals surface area (Å²) in [4.78, 5) is 12.2. The molecular formula is C15H15BrN2O. The highest BCUT2D eigenvalue weighted by molar-refractivity contribution is 9.10. The second kappa shape index (κ2) is 5.45. The standard InChI is InChI=1S/C15H15BrN2O/c1-9-5-10(2)7-12(6-9)18-15(19)13-8-11(16)3-4-14(13)17/h3-8H,17H2,1-2H3,(H,18,19). The molecule has 3 nitrogen and oxygen atoms in total. The van der Waals surface area contributed by atoms with Gasteiger partial charge in [-0.15, -0.1) is 0 Å². The molecule has 98 valence electrons. The van der Waals surface area contributed by atoms with E-state index in [1.807, 2.05) is 32.0 Å². The maximum absolute atomic E-state index is 12.2. The fraction of sp³-hybridized carbons (Fsp3) is 0.133. The first-order valence-electron chi connectivity index (χ1n) is 5.90. The topological polar surface area (TPSA) is 55.1 Å². The van der Waals surface area contributed by atoms with Crippen LogP contribution in [0.4, 0.5) is 11.4 Å². The van der Waals surface area contributed by atoms with E-state index >= 15 is 0 Å². The number of aryl methyl sites for hydroxylation is 2. The summed E-state index contributed by atoms with van der Waals surface area (Å²) in [5, 5.41) is 2.87. The number of amides is 1. The third-order valence-electron chi connectivity index (χ3n) is 2.74. The van der Waals surface area contributed by atoms with Gasteiger partial charge in [-0.1, -0.05) is 22.0 Å².